The highest BCUT2D eigenvalue weighted by Gasteiger charge is 2.15. The Morgan fingerprint density at radius 3 is 2.50 bits per heavy atom. The molecule has 1 aromatic carbocycles. The number of likely N-dealkylation sites (N-methyl/N-ethyl adjacent to an activating group) is 1. The SMILES string of the molecule is CC/C=C(\C/C(C)=C\CCC)Nc1cc(N2CCN(C)CC2)ccc1C. The van der Waals surface area contributed by atoms with Gasteiger partial charge in [0.1, 0.15) is 0 Å². The zero-order chi connectivity index (χ0) is 18.9. The molecule has 26 heavy (non-hydrogen) atoms. The number of hydrogen-bond acceptors (Lipinski definition) is 3. The molecule has 0 radical (unpaired) electrons. The standard InChI is InChI=1S/C23H37N3/c1-6-8-10-19(3)17-21(9-7-2)24-23-18-22(12-11-20(23)4)26-15-13-25(5)14-16-26/h9-12,18,24H,6-8,13-17H2,1-5H3/b19-10-,21-9+. The molecule has 1 aromatic rings. The maximum absolute atomic E-state index is 3.73. The van der Waals surface area contributed by atoms with Gasteiger partial charge in [0.15, 0.2) is 0 Å². The first kappa shape index (κ1) is 20.6. The van der Waals surface area contributed by atoms with E-state index < -0.39 is 0 Å². The number of nitrogens with one attached hydrogen (secondary N) is 1. The normalized spacial score (nSPS) is 16.9. The second-order valence-electron chi connectivity index (χ2n) is 7.57. The average Bonchev–Trinajstić information content (AvgIpc) is 2.62. The molecule has 1 aliphatic heterocycles. The van der Waals surface area contributed by atoms with E-state index in [4.69, 9.17) is 0 Å². The Balaban J connectivity index is 2.12. The van der Waals surface area contributed by atoms with Crippen LogP contribution < -0.4 is 10.2 Å². The molecule has 1 heterocycles. The van der Waals surface area contributed by atoms with E-state index in [1.54, 1.807) is 0 Å². The first-order chi connectivity index (χ1) is 12.5. The highest BCUT2D eigenvalue weighted by atomic mass is 15.2. The third-order valence-corrected chi connectivity index (χ3v) is 5.09. The largest absolute Gasteiger partial charge is 0.369 e. The Bertz CT molecular complexity index is 622. The molecule has 0 saturated carbocycles. The Kier molecular flexibility index (Phi) is 8.24. The quantitative estimate of drug-likeness (QED) is 0.613. The number of nitrogens with zero attached hydrogens (tertiary/aromatic N) is 2. The minimum Gasteiger partial charge on any atom is -0.369 e. The summed E-state index contributed by atoms with van der Waals surface area (Å²) in [5.74, 6) is 0. The highest BCUT2D eigenvalue weighted by molar-refractivity contribution is 5.64. The number of piperazine rings is 1. The van der Waals surface area contributed by atoms with E-state index in [1.807, 2.05) is 0 Å². The minimum absolute atomic E-state index is 1.01. The predicted octanol–water partition coefficient (Wildman–Crippen LogP) is 5.59. The molecule has 0 atom stereocenters. The summed E-state index contributed by atoms with van der Waals surface area (Å²) in [6.45, 7) is 13.4. The lowest BCUT2D eigenvalue weighted by molar-refractivity contribution is 0.313. The third kappa shape index (κ3) is 6.21. The Labute approximate surface area is 160 Å². The molecule has 144 valence electrons. The summed E-state index contributed by atoms with van der Waals surface area (Å²) >= 11 is 0. The van der Waals surface area contributed by atoms with Crippen LogP contribution in [0.4, 0.5) is 11.4 Å². The molecule has 3 nitrogen and oxygen atoms in total. The maximum atomic E-state index is 3.73. The van der Waals surface area contributed by atoms with E-state index >= 15 is 0 Å². The molecule has 0 aromatic heterocycles. The van der Waals surface area contributed by atoms with Crippen molar-refractivity contribution in [1.82, 2.24) is 4.90 Å². The van der Waals surface area contributed by atoms with Gasteiger partial charge in [-0.25, -0.2) is 0 Å². The lowest BCUT2D eigenvalue weighted by Gasteiger charge is -2.34. The van der Waals surface area contributed by atoms with E-state index in [2.05, 4.69) is 80.2 Å². The number of hydrogen-bond donors (Lipinski definition) is 1. The van der Waals surface area contributed by atoms with Gasteiger partial charge in [-0.2, -0.15) is 0 Å². The van der Waals surface area contributed by atoms with Gasteiger partial charge < -0.3 is 15.1 Å². The van der Waals surface area contributed by atoms with Crippen LogP contribution in [-0.4, -0.2) is 38.1 Å². The van der Waals surface area contributed by atoms with Gasteiger partial charge >= 0.3 is 0 Å². The van der Waals surface area contributed by atoms with Crippen molar-refractivity contribution >= 4 is 11.4 Å². The molecule has 1 N–H and O–H groups in total. The molecular weight excluding hydrogens is 318 g/mol. The van der Waals surface area contributed by atoms with Gasteiger partial charge in [-0.15, -0.1) is 0 Å². The molecule has 3 heteroatoms. The van der Waals surface area contributed by atoms with Gasteiger partial charge in [-0.05, 0) is 51.4 Å². The van der Waals surface area contributed by atoms with Gasteiger partial charge in [0.05, 0.1) is 0 Å². The molecule has 0 amide bonds. The van der Waals surface area contributed by atoms with Gasteiger partial charge in [-0.1, -0.05) is 44.1 Å². The second-order valence-corrected chi connectivity index (χ2v) is 7.57. The lowest BCUT2D eigenvalue weighted by atomic mass is 10.1. The number of rotatable bonds is 8. The summed E-state index contributed by atoms with van der Waals surface area (Å²) < 4.78 is 0. The van der Waals surface area contributed by atoms with Crippen molar-refractivity contribution < 1.29 is 0 Å². The molecule has 0 unspecified atom stereocenters. The van der Waals surface area contributed by atoms with Crippen molar-refractivity contribution in [2.24, 2.45) is 0 Å². The van der Waals surface area contributed by atoms with Crippen molar-refractivity contribution in [3.8, 4) is 0 Å². The van der Waals surface area contributed by atoms with Crippen LogP contribution in [-0.2, 0) is 0 Å². The molecular formula is C23H37N3. The number of anilines is 2. The number of unbranched alkanes of at least 4 members (excludes halogenated alkanes) is 1. The van der Waals surface area contributed by atoms with E-state index in [0.29, 0.717) is 0 Å². The first-order valence-electron chi connectivity index (χ1n) is 10.2. The average molecular weight is 356 g/mol. The van der Waals surface area contributed by atoms with Crippen molar-refractivity contribution in [2.75, 3.05) is 43.4 Å². The smallest absolute Gasteiger partial charge is 0.0432 e. The zero-order valence-corrected chi connectivity index (χ0v) is 17.4. The molecule has 0 bridgehead atoms. The molecule has 1 saturated heterocycles. The van der Waals surface area contributed by atoms with Gasteiger partial charge in [0, 0.05) is 49.7 Å². The summed E-state index contributed by atoms with van der Waals surface area (Å²) in [5.41, 5.74) is 6.65. The van der Waals surface area contributed by atoms with Crippen LogP contribution in [0.5, 0.6) is 0 Å². The summed E-state index contributed by atoms with van der Waals surface area (Å²) in [4.78, 5) is 4.90. The van der Waals surface area contributed by atoms with Crippen molar-refractivity contribution in [3.63, 3.8) is 0 Å². The zero-order valence-electron chi connectivity index (χ0n) is 17.4. The van der Waals surface area contributed by atoms with Crippen LogP contribution in [0.15, 0.2) is 41.6 Å². The summed E-state index contributed by atoms with van der Waals surface area (Å²) in [6.07, 6.45) is 9.14. The van der Waals surface area contributed by atoms with Crippen molar-refractivity contribution in [1.29, 1.82) is 0 Å². The van der Waals surface area contributed by atoms with Crippen LogP contribution in [0.25, 0.3) is 0 Å². The summed E-state index contributed by atoms with van der Waals surface area (Å²) in [5, 5.41) is 3.73. The molecule has 2 rings (SSSR count). The minimum atomic E-state index is 1.01. The third-order valence-electron chi connectivity index (χ3n) is 5.09. The summed E-state index contributed by atoms with van der Waals surface area (Å²) in [6, 6.07) is 6.84. The summed E-state index contributed by atoms with van der Waals surface area (Å²) in [7, 11) is 2.20. The van der Waals surface area contributed by atoms with E-state index in [1.165, 1.54) is 41.1 Å². The molecule has 1 fully saturated rings. The van der Waals surface area contributed by atoms with Gasteiger partial charge in [0.25, 0.3) is 0 Å². The van der Waals surface area contributed by atoms with Crippen molar-refractivity contribution in [3.05, 3.63) is 47.2 Å². The molecule has 1 aliphatic rings. The fourth-order valence-electron chi connectivity index (χ4n) is 3.36. The van der Waals surface area contributed by atoms with Gasteiger partial charge in [-0.3, -0.25) is 0 Å². The maximum Gasteiger partial charge on any atom is 0.0432 e. The predicted molar refractivity (Wildman–Crippen MR) is 116 cm³/mol. The monoisotopic (exact) mass is 355 g/mol. The van der Waals surface area contributed by atoms with E-state index in [9.17, 15) is 0 Å². The second kappa shape index (κ2) is 10.4. The highest BCUT2D eigenvalue weighted by Crippen LogP contribution is 2.26. The van der Waals surface area contributed by atoms with Crippen molar-refractivity contribution in [2.45, 2.75) is 53.4 Å². The fourth-order valence-corrected chi connectivity index (χ4v) is 3.36. The first-order valence-corrected chi connectivity index (χ1v) is 10.2. The Hall–Kier alpha value is -1.74. The van der Waals surface area contributed by atoms with Crippen LogP contribution in [0.1, 0.15) is 52.0 Å². The number of aryl methyl sites for hydroxylation is 1. The van der Waals surface area contributed by atoms with Crippen LogP contribution in [0.3, 0.4) is 0 Å². The Morgan fingerprint density at radius 1 is 1.12 bits per heavy atom. The van der Waals surface area contributed by atoms with E-state index in [0.717, 1.165) is 39.0 Å². The number of benzene rings is 1. The molecule has 0 aliphatic carbocycles. The van der Waals surface area contributed by atoms with E-state index in [-0.39, 0.29) is 0 Å². The van der Waals surface area contributed by atoms with Crippen LogP contribution >= 0.6 is 0 Å². The lowest BCUT2D eigenvalue weighted by Crippen LogP contribution is -2.44. The number of allylic oxidation sites excluding steroid dienone is 3. The Morgan fingerprint density at radius 2 is 1.85 bits per heavy atom. The van der Waals surface area contributed by atoms with Crippen LogP contribution in [0, 0.1) is 6.92 Å². The van der Waals surface area contributed by atoms with Crippen LogP contribution in [0.2, 0.25) is 0 Å². The fraction of sp³-hybridized carbons (Fsp3) is 0.565. The topological polar surface area (TPSA) is 18.5 Å². The molecule has 0 spiro atoms. The van der Waals surface area contributed by atoms with Gasteiger partial charge in [0.2, 0.25) is 0 Å².